The van der Waals surface area contributed by atoms with Gasteiger partial charge >= 0.3 is 0 Å². The molecule has 5 heteroatoms. The van der Waals surface area contributed by atoms with Crippen LogP contribution in [0.25, 0.3) is 0 Å². The highest BCUT2D eigenvalue weighted by molar-refractivity contribution is 14.1. The van der Waals surface area contributed by atoms with Crippen molar-refractivity contribution in [2.24, 2.45) is 11.7 Å². The molecule has 20 heavy (non-hydrogen) atoms. The number of amides is 1. The van der Waals surface area contributed by atoms with Crippen LogP contribution in [0.1, 0.15) is 42.5 Å². The zero-order valence-electron chi connectivity index (χ0n) is 11.4. The molecule has 1 saturated carbocycles. The van der Waals surface area contributed by atoms with Gasteiger partial charge in [0, 0.05) is 16.2 Å². The summed E-state index contributed by atoms with van der Waals surface area (Å²) in [4.78, 5) is 12.3. The van der Waals surface area contributed by atoms with E-state index in [9.17, 15) is 9.90 Å². The molecule has 1 aliphatic carbocycles. The third kappa shape index (κ3) is 3.85. The van der Waals surface area contributed by atoms with Gasteiger partial charge in [0.15, 0.2) is 0 Å². The SMILES string of the molecule is NCC(NC(=O)c1cc(I)ccc1O)C1CCCCC1. The van der Waals surface area contributed by atoms with Crippen LogP contribution in [0.3, 0.4) is 0 Å². The summed E-state index contributed by atoms with van der Waals surface area (Å²) in [7, 11) is 0. The molecule has 1 atom stereocenters. The molecule has 0 heterocycles. The molecule has 0 aliphatic heterocycles. The van der Waals surface area contributed by atoms with Crippen LogP contribution in [0.15, 0.2) is 18.2 Å². The molecule has 1 fully saturated rings. The fourth-order valence-electron chi connectivity index (χ4n) is 2.84. The van der Waals surface area contributed by atoms with E-state index in [-0.39, 0.29) is 17.7 Å². The summed E-state index contributed by atoms with van der Waals surface area (Å²) >= 11 is 2.13. The van der Waals surface area contributed by atoms with Crippen LogP contribution in [0.4, 0.5) is 0 Å². The van der Waals surface area contributed by atoms with Crippen LogP contribution in [-0.4, -0.2) is 23.6 Å². The maximum absolute atomic E-state index is 12.3. The minimum atomic E-state index is -0.234. The van der Waals surface area contributed by atoms with E-state index in [4.69, 9.17) is 5.73 Å². The van der Waals surface area contributed by atoms with E-state index in [0.29, 0.717) is 18.0 Å². The minimum absolute atomic E-state index is 0.0000624. The predicted octanol–water partition coefficient (Wildman–Crippen LogP) is 2.63. The standard InChI is InChI=1S/C15H21IN2O2/c16-11-6-7-14(19)12(8-11)15(20)18-13(9-17)10-4-2-1-3-5-10/h6-8,10,13,19H,1-5,9,17H2,(H,18,20). The lowest BCUT2D eigenvalue weighted by atomic mass is 9.84. The van der Waals surface area contributed by atoms with Gasteiger partial charge in [-0.1, -0.05) is 19.3 Å². The number of nitrogens with two attached hydrogens (primary N) is 1. The van der Waals surface area contributed by atoms with E-state index >= 15 is 0 Å². The number of rotatable bonds is 4. The molecular weight excluding hydrogens is 367 g/mol. The summed E-state index contributed by atoms with van der Waals surface area (Å²) in [6.07, 6.45) is 5.96. The third-order valence-electron chi connectivity index (χ3n) is 3.99. The second-order valence-corrected chi connectivity index (χ2v) is 6.62. The van der Waals surface area contributed by atoms with Gasteiger partial charge in [0.2, 0.25) is 0 Å². The number of phenolic OH excluding ortho intramolecular Hbond substituents is 1. The molecule has 110 valence electrons. The quantitative estimate of drug-likeness (QED) is 0.695. The van der Waals surface area contributed by atoms with Gasteiger partial charge in [0.1, 0.15) is 5.75 Å². The molecule has 1 aromatic rings. The molecule has 0 spiro atoms. The maximum atomic E-state index is 12.3. The first-order chi connectivity index (χ1) is 9.61. The number of hydrogen-bond donors (Lipinski definition) is 3. The first kappa shape index (κ1) is 15.6. The highest BCUT2D eigenvalue weighted by atomic mass is 127. The first-order valence-corrected chi connectivity index (χ1v) is 8.19. The van der Waals surface area contributed by atoms with E-state index < -0.39 is 0 Å². The van der Waals surface area contributed by atoms with Crippen molar-refractivity contribution in [3.8, 4) is 5.75 Å². The number of hydrogen-bond acceptors (Lipinski definition) is 3. The van der Waals surface area contributed by atoms with Gasteiger partial charge in [-0.15, -0.1) is 0 Å². The van der Waals surface area contributed by atoms with Gasteiger partial charge in [-0.05, 0) is 59.5 Å². The Balaban J connectivity index is 2.06. The molecule has 0 radical (unpaired) electrons. The molecule has 0 bridgehead atoms. The normalized spacial score (nSPS) is 17.7. The van der Waals surface area contributed by atoms with Gasteiger partial charge in [-0.25, -0.2) is 0 Å². The molecule has 4 N–H and O–H groups in total. The van der Waals surface area contributed by atoms with Crippen LogP contribution in [0.2, 0.25) is 0 Å². The lowest BCUT2D eigenvalue weighted by molar-refractivity contribution is 0.0913. The van der Waals surface area contributed by atoms with E-state index in [1.165, 1.54) is 19.3 Å². The third-order valence-corrected chi connectivity index (χ3v) is 4.66. The molecule has 1 amide bonds. The van der Waals surface area contributed by atoms with Crippen molar-refractivity contribution in [1.29, 1.82) is 0 Å². The summed E-state index contributed by atoms with van der Waals surface area (Å²) in [5.74, 6) is 0.243. The van der Waals surface area contributed by atoms with Crippen molar-refractivity contribution in [1.82, 2.24) is 5.32 Å². The van der Waals surface area contributed by atoms with Crippen molar-refractivity contribution < 1.29 is 9.90 Å². The zero-order valence-corrected chi connectivity index (χ0v) is 13.6. The smallest absolute Gasteiger partial charge is 0.255 e. The average molecular weight is 388 g/mol. The topological polar surface area (TPSA) is 75.3 Å². The van der Waals surface area contributed by atoms with Crippen LogP contribution in [-0.2, 0) is 0 Å². The number of halogens is 1. The number of aromatic hydroxyl groups is 1. The monoisotopic (exact) mass is 388 g/mol. The molecule has 1 aromatic carbocycles. The van der Waals surface area contributed by atoms with E-state index in [0.717, 1.165) is 16.4 Å². The number of carbonyl (C=O) groups is 1. The summed E-state index contributed by atoms with van der Waals surface area (Å²) in [6, 6.07) is 5.02. The maximum Gasteiger partial charge on any atom is 0.255 e. The average Bonchev–Trinajstić information content (AvgIpc) is 2.48. The molecule has 1 unspecified atom stereocenters. The van der Waals surface area contributed by atoms with Gasteiger partial charge in [-0.3, -0.25) is 4.79 Å². The highest BCUT2D eigenvalue weighted by Gasteiger charge is 2.25. The van der Waals surface area contributed by atoms with Crippen LogP contribution < -0.4 is 11.1 Å². The van der Waals surface area contributed by atoms with Crippen molar-refractivity contribution in [3.05, 3.63) is 27.3 Å². The molecule has 2 rings (SSSR count). The molecule has 4 nitrogen and oxygen atoms in total. The number of benzene rings is 1. The summed E-state index contributed by atoms with van der Waals surface area (Å²) in [5.41, 5.74) is 6.14. The Morgan fingerprint density at radius 3 is 2.75 bits per heavy atom. The van der Waals surface area contributed by atoms with Gasteiger partial charge < -0.3 is 16.2 Å². The minimum Gasteiger partial charge on any atom is -0.507 e. The van der Waals surface area contributed by atoms with E-state index in [1.54, 1.807) is 18.2 Å². The van der Waals surface area contributed by atoms with E-state index in [2.05, 4.69) is 27.9 Å². The van der Waals surface area contributed by atoms with Gasteiger partial charge in [-0.2, -0.15) is 0 Å². The molecular formula is C15H21IN2O2. The lowest BCUT2D eigenvalue weighted by Gasteiger charge is -2.30. The zero-order chi connectivity index (χ0) is 14.5. The fourth-order valence-corrected chi connectivity index (χ4v) is 3.33. The fraction of sp³-hybridized carbons (Fsp3) is 0.533. The van der Waals surface area contributed by atoms with Crippen LogP contribution in [0, 0.1) is 9.49 Å². The Kier molecular flexibility index (Phi) is 5.65. The Morgan fingerprint density at radius 2 is 2.10 bits per heavy atom. The van der Waals surface area contributed by atoms with Gasteiger partial charge in [0.05, 0.1) is 5.56 Å². The second-order valence-electron chi connectivity index (χ2n) is 5.38. The number of phenols is 1. The van der Waals surface area contributed by atoms with Gasteiger partial charge in [0.25, 0.3) is 5.91 Å². The lowest BCUT2D eigenvalue weighted by Crippen LogP contribution is -2.45. The van der Waals surface area contributed by atoms with Crippen molar-refractivity contribution in [3.63, 3.8) is 0 Å². The Morgan fingerprint density at radius 1 is 1.40 bits per heavy atom. The highest BCUT2D eigenvalue weighted by Crippen LogP contribution is 2.27. The number of carbonyl (C=O) groups excluding carboxylic acids is 1. The van der Waals surface area contributed by atoms with Crippen molar-refractivity contribution >= 4 is 28.5 Å². The predicted molar refractivity (Wildman–Crippen MR) is 87.7 cm³/mol. The van der Waals surface area contributed by atoms with Crippen LogP contribution >= 0.6 is 22.6 Å². The molecule has 1 aliphatic rings. The van der Waals surface area contributed by atoms with Crippen molar-refractivity contribution in [2.75, 3.05) is 6.54 Å². The summed E-state index contributed by atoms with van der Waals surface area (Å²) < 4.78 is 0.924. The largest absolute Gasteiger partial charge is 0.507 e. The van der Waals surface area contributed by atoms with Crippen LogP contribution in [0.5, 0.6) is 5.75 Å². The van der Waals surface area contributed by atoms with E-state index in [1.807, 2.05) is 0 Å². The number of nitrogens with one attached hydrogen (secondary N) is 1. The Hall–Kier alpha value is -0.820. The molecule has 0 aromatic heterocycles. The Labute approximate surface area is 133 Å². The second kappa shape index (κ2) is 7.26. The summed E-state index contributed by atoms with van der Waals surface area (Å²) in [6.45, 7) is 0.446. The first-order valence-electron chi connectivity index (χ1n) is 7.11. The Bertz CT molecular complexity index is 473. The molecule has 0 saturated heterocycles. The van der Waals surface area contributed by atoms with Crippen molar-refractivity contribution in [2.45, 2.75) is 38.1 Å². The summed E-state index contributed by atoms with van der Waals surface area (Å²) in [5, 5.41) is 12.8.